The number of hydrogen-bond acceptors (Lipinski definition) is 2. The number of ether oxygens (including phenoxy) is 1. The first-order chi connectivity index (χ1) is 12.8. The Hall–Kier alpha value is -2.09. The number of allylic oxidation sites excluding steroid dienone is 12. The molecule has 0 atom stereocenters. The van der Waals surface area contributed by atoms with Gasteiger partial charge in [0.05, 0.1) is 6.61 Å². The van der Waals surface area contributed by atoms with Crippen LogP contribution in [0.1, 0.15) is 65.2 Å². The molecule has 2 nitrogen and oxygen atoms in total. The van der Waals surface area contributed by atoms with Crippen molar-refractivity contribution in [3.05, 3.63) is 72.9 Å². The van der Waals surface area contributed by atoms with Gasteiger partial charge in [-0.25, -0.2) is 0 Å². The van der Waals surface area contributed by atoms with Crippen molar-refractivity contribution in [3.63, 3.8) is 0 Å². The summed E-state index contributed by atoms with van der Waals surface area (Å²) in [5.41, 5.74) is 0. The van der Waals surface area contributed by atoms with Gasteiger partial charge in [0.15, 0.2) is 0 Å². The fraction of sp³-hybridized carbons (Fsp3) is 0.458. The molecule has 0 N–H and O–H groups in total. The van der Waals surface area contributed by atoms with Gasteiger partial charge in [0.25, 0.3) is 0 Å². The zero-order chi connectivity index (χ0) is 19.1. The van der Waals surface area contributed by atoms with Crippen molar-refractivity contribution in [2.75, 3.05) is 6.61 Å². The summed E-state index contributed by atoms with van der Waals surface area (Å²) in [4.78, 5) is 11.1. The van der Waals surface area contributed by atoms with Crippen LogP contribution in [0.15, 0.2) is 72.9 Å². The second-order valence-corrected chi connectivity index (χ2v) is 5.76. The van der Waals surface area contributed by atoms with Gasteiger partial charge >= 0.3 is 5.97 Å². The van der Waals surface area contributed by atoms with E-state index in [-0.39, 0.29) is 5.97 Å². The van der Waals surface area contributed by atoms with E-state index in [1.807, 2.05) is 13.0 Å². The summed E-state index contributed by atoms with van der Waals surface area (Å²) in [6.07, 6.45) is 33.3. The lowest BCUT2D eigenvalue weighted by Crippen LogP contribution is -2.02. The predicted octanol–water partition coefficient (Wildman–Crippen LogP) is 7.03. The molecule has 144 valence electrons. The highest BCUT2D eigenvalue weighted by molar-refractivity contribution is 5.69. The molecule has 0 aromatic carbocycles. The van der Waals surface area contributed by atoms with E-state index in [2.05, 4.69) is 73.8 Å². The third-order valence-electron chi connectivity index (χ3n) is 3.42. The van der Waals surface area contributed by atoms with Gasteiger partial charge in [0.2, 0.25) is 0 Å². The Morgan fingerprint density at radius 3 is 1.38 bits per heavy atom. The quantitative estimate of drug-likeness (QED) is 0.232. The first-order valence-electron chi connectivity index (χ1n) is 9.86. The molecular formula is C24H36O2. The van der Waals surface area contributed by atoms with E-state index < -0.39 is 0 Å². The second-order valence-electron chi connectivity index (χ2n) is 5.76. The van der Waals surface area contributed by atoms with Gasteiger partial charge in [-0.1, -0.05) is 79.8 Å². The zero-order valence-electron chi connectivity index (χ0n) is 16.6. The molecule has 0 rings (SSSR count). The molecule has 0 bridgehead atoms. The Balaban J connectivity index is 3.54. The highest BCUT2D eigenvalue weighted by Gasteiger charge is 1.97. The monoisotopic (exact) mass is 356 g/mol. The van der Waals surface area contributed by atoms with Crippen molar-refractivity contribution in [3.8, 4) is 0 Å². The lowest BCUT2D eigenvalue weighted by molar-refractivity contribution is -0.142. The fourth-order valence-electron chi connectivity index (χ4n) is 2.07. The van der Waals surface area contributed by atoms with Crippen LogP contribution >= 0.6 is 0 Å². The van der Waals surface area contributed by atoms with Crippen molar-refractivity contribution < 1.29 is 9.53 Å². The largest absolute Gasteiger partial charge is 0.466 e. The number of carbonyl (C=O) groups is 1. The normalized spacial score (nSPS) is 12.8. The first kappa shape index (κ1) is 23.9. The molecule has 0 unspecified atom stereocenters. The maximum atomic E-state index is 11.1. The summed E-state index contributed by atoms with van der Waals surface area (Å²) in [5, 5.41) is 0. The number of esters is 1. The van der Waals surface area contributed by atoms with E-state index in [4.69, 9.17) is 4.74 Å². The van der Waals surface area contributed by atoms with Gasteiger partial charge in [-0.3, -0.25) is 4.79 Å². The molecule has 0 spiro atoms. The minimum atomic E-state index is -0.118. The molecule has 0 aliphatic heterocycles. The Labute approximate surface area is 160 Å². The molecule has 0 saturated carbocycles. The number of carbonyl (C=O) groups excluding carboxylic acids is 1. The number of hydrogen-bond donors (Lipinski definition) is 0. The molecule has 26 heavy (non-hydrogen) atoms. The standard InChI is InChI=1S/C24H36O2/c1-3-5-6-7-8-9-10-11-12-13-14-15-16-17-18-19-20-21-22-23-24(25)26-4-2/h5-6,8-9,11-12,14-15,17-18,20-21H,3-4,7,10,13,16,19,22-23H2,1-2H3/b6-5+,9-8+,12-11+,15-14-,18-17+,21-20-. The lowest BCUT2D eigenvalue weighted by Gasteiger charge is -1.97. The van der Waals surface area contributed by atoms with Crippen LogP contribution in [0.4, 0.5) is 0 Å². The van der Waals surface area contributed by atoms with Crippen molar-refractivity contribution in [2.24, 2.45) is 0 Å². The summed E-state index contributed by atoms with van der Waals surface area (Å²) in [7, 11) is 0. The van der Waals surface area contributed by atoms with Crippen LogP contribution in [0.5, 0.6) is 0 Å². The Morgan fingerprint density at radius 2 is 1.00 bits per heavy atom. The highest BCUT2D eigenvalue weighted by Crippen LogP contribution is 1.98. The summed E-state index contributed by atoms with van der Waals surface area (Å²) < 4.78 is 4.87. The molecule has 0 aliphatic rings. The topological polar surface area (TPSA) is 26.3 Å². The molecule has 0 heterocycles. The SMILES string of the molecule is CC/C=C/C/C=C/C/C=C/C/C=C\C/C=C/C/C=C\CCC(=O)OCC. The molecule has 0 amide bonds. The Bertz CT molecular complexity index is 490. The summed E-state index contributed by atoms with van der Waals surface area (Å²) in [5.74, 6) is -0.118. The predicted molar refractivity (Wildman–Crippen MR) is 114 cm³/mol. The second kappa shape index (κ2) is 21.0. The minimum Gasteiger partial charge on any atom is -0.466 e. The van der Waals surface area contributed by atoms with Gasteiger partial charge in [0.1, 0.15) is 0 Å². The van der Waals surface area contributed by atoms with Crippen LogP contribution in [0, 0.1) is 0 Å². The van der Waals surface area contributed by atoms with E-state index in [0.29, 0.717) is 13.0 Å². The minimum absolute atomic E-state index is 0.118. The van der Waals surface area contributed by atoms with E-state index in [0.717, 1.165) is 44.9 Å². The zero-order valence-corrected chi connectivity index (χ0v) is 16.6. The van der Waals surface area contributed by atoms with Gasteiger partial charge in [-0.2, -0.15) is 0 Å². The van der Waals surface area contributed by atoms with E-state index in [1.54, 1.807) is 0 Å². The molecule has 2 heteroatoms. The average molecular weight is 357 g/mol. The van der Waals surface area contributed by atoms with Crippen LogP contribution < -0.4 is 0 Å². The molecule has 0 radical (unpaired) electrons. The van der Waals surface area contributed by atoms with Gasteiger partial charge in [0, 0.05) is 6.42 Å². The molecule has 0 aliphatic carbocycles. The van der Waals surface area contributed by atoms with Crippen molar-refractivity contribution in [1.29, 1.82) is 0 Å². The summed E-state index contributed by atoms with van der Waals surface area (Å²) in [6.45, 7) is 4.44. The van der Waals surface area contributed by atoms with Crippen LogP contribution in [-0.2, 0) is 9.53 Å². The highest BCUT2D eigenvalue weighted by atomic mass is 16.5. The van der Waals surface area contributed by atoms with Crippen LogP contribution in [0.25, 0.3) is 0 Å². The molecule has 0 fully saturated rings. The van der Waals surface area contributed by atoms with Crippen molar-refractivity contribution in [2.45, 2.75) is 65.2 Å². The van der Waals surface area contributed by atoms with Crippen molar-refractivity contribution in [1.82, 2.24) is 0 Å². The molecular weight excluding hydrogens is 320 g/mol. The molecule has 0 saturated heterocycles. The smallest absolute Gasteiger partial charge is 0.306 e. The fourth-order valence-corrected chi connectivity index (χ4v) is 2.07. The lowest BCUT2D eigenvalue weighted by atomic mass is 10.2. The van der Waals surface area contributed by atoms with E-state index in [1.165, 1.54) is 0 Å². The van der Waals surface area contributed by atoms with Crippen molar-refractivity contribution >= 4 is 5.97 Å². The molecule has 0 aromatic heterocycles. The summed E-state index contributed by atoms with van der Waals surface area (Å²) in [6, 6.07) is 0. The van der Waals surface area contributed by atoms with Crippen LogP contribution in [0.3, 0.4) is 0 Å². The Morgan fingerprint density at radius 1 is 0.615 bits per heavy atom. The van der Waals surface area contributed by atoms with Gasteiger partial charge in [-0.15, -0.1) is 0 Å². The summed E-state index contributed by atoms with van der Waals surface area (Å²) >= 11 is 0. The molecule has 0 aromatic rings. The maximum absolute atomic E-state index is 11.1. The Kier molecular flexibility index (Phi) is 19.3. The third kappa shape index (κ3) is 20.0. The number of rotatable bonds is 15. The van der Waals surface area contributed by atoms with E-state index in [9.17, 15) is 4.79 Å². The van der Waals surface area contributed by atoms with Gasteiger partial charge < -0.3 is 4.74 Å². The maximum Gasteiger partial charge on any atom is 0.306 e. The van der Waals surface area contributed by atoms with Crippen LogP contribution in [-0.4, -0.2) is 12.6 Å². The first-order valence-corrected chi connectivity index (χ1v) is 9.86. The average Bonchev–Trinajstić information content (AvgIpc) is 2.64. The van der Waals surface area contributed by atoms with E-state index >= 15 is 0 Å². The van der Waals surface area contributed by atoms with Gasteiger partial charge in [-0.05, 0) is 51.9 Å². The van der Waals surface area contributed by atoms with Crippen LogP contribution in [0.2, 0.25) is 0 Å². The third-order valence-corrected chi connectivity index (χ3v) is 3.42.